The zero-order valence-corrected chi connectivity index (χ0v) is 19.0. The summed E-state index contributed by atoms with van der Waals surface area (Å²) in [5.74, 6) is -0.173. The molecule has 31 heavy (non-hydrogen) atoms. The third-order valence-electron chi connectivity index (χ3n) is 5.71. The van der Waals surface area contributed by atoms with Gasteiger partial charge in [0, 0.05) is 6.42 Å². The molecular formula is C22H43NO8. The lowest BCUT2D eigenvalue weighted by molar-refractivity contribution is -0.302. The highest BCUT2D eigenvalue weighted by atomic mass is 16.7. The van der Waals surface area contributed by atoms with E-state index in [1.165, 1.54) is 0 Å². The van der Waals surface area contributed by atoms with Gasteiger partial charge in [-0.25, -0.2) is 0 Å². The first-order valence-electron chi connectivity index (χ1n) is 11.7. The Morgan fingerprint density at radius 2 is 1.61 bits per heavy atom. The van der Waals surface area contributed by atoms with Crippen LogP contribution in [0.1, 0.15) is 78.1 Å². The molecule has 0 saturated carbocycles. The number of ether oxygens (including phenoxy) is 2. The quantitative estimate of drug-likeness (QED) is 0.188. The van der Waals surface area contributed by atoms with Gasteiger partial charge in [-0.1, -0.05) is 58.8 Å². The fraction of sp³-hybridized carbons (Fsp3) is 0.955. The number of carbonyl (C=O) groups excluding carboxylic acids is 1. The van der Waals surface area contributed by atoms with Gasteiger partial charge in [0.25, 0.3) is 0 Å². The van der Waals surface area contributed by atoms with Gasteiger partial charge >= 0.3 is 0 Å². The van der Waals surface area contributed by atoms with Crippen LogP contribution in [0.15, 0.2) is 0 Å². The van der Waals surface area contributed by atoms with Crippen molar-refractivity contribution >= 4 is 5.91 Å². The van der Waals surface area contributed by atoms with Crippen LogP contribution in [0.4, 0.5) is 0 Å². The van der Waals surface area contributed by atoms with Gasteiger partial charge in [-0.15, -0.1) is 0 Å². The standard InChI is InChI=1S/C22H43NO8/c1-3-5-7-8-10-12-18(26)23-15(16(25)11-9-6-4-2)14-30-22-21(29)20(28)19(27)17(13-24)31-22/h15-17,19-22,24-25,27-29H,3-14H2,1-2H3,(H,23,26). The molecule has 9 nitrogen and oxygen atoms in total. The third kappa shape index (κ3) is 10.1. The molecule has 1 rings (SSSR count). The predicted molar refractivity (Wildman–Crippen MR) is 115 cm³/mol. The van der Waals surface area contributed by atoms with Gasteiger partial charge in [0.2, 0.25) is 5.91 Å². The van der Waals surface area contributed by atoms with Crippen molar-refractivity contribution in [3.8, 4) is 0 Å². The number of amides is 1. The maximum absolute atomic E-state index is 12.4. The van der Waals surface area contributed by atoms with Crippen molar-refractivity contribution in [3.05, 3.63) is 0 Å². The summed E-state index contributed by atoms with van der Waals surface area (Å²) < 4.78 is 10.9. The van der Waals surface area contributed by atoms with E-state index in [0.29, 0.717) is 12.8 Å². The van der Waals surface area contributed by atoms with Crippen LogP contribution in [0.2, 0.25) is 0 Å². The Balaban J connectivity index is 2.63. The number of unbranched alkanes of at least 4 members (excludes halogenated alkanes) is 6. The Morgan fingerprint density at radius 1 is 0.968 bits per heavy atom. The molecule has 9 heteroatoms. The van der Waals surface area contributed by atoms with Gasteiger partial charge in [0.05, 0.1) is 25.4 Å². The van der Waals surface area contributed by atoms with Crippen LogP contribution in [-0.2, 0) is 14.3 Å². The van der Waals surface area contributed by atoms with E-state index in [1.807, 2.05) is 0 Å². The molecule has 0 spiro atoms. The Kier molecular flexibility index (Phi) is 14.5. The maximum Gasteiger partial charge on any atom is 0.220 e. The fourth-order valence-electron chi connectivity index (χ4n) is 3.63. The second-order valence-electron chi connectivity index (χ2n) is 8.43. The Labute approximate surface area is 185 Å². The number of aliphatic hydroxyl groups excluding tert-OH is 5. The molecule has 0 bridgehead atoms. The second-order valence-corrected chi connectivity index (χ2v) is 8.43. The van der Waals surface area contributed by atoms with Gasteiger partial charge in [-0.3, -0.25) is 4.79 Å². The highest BCUT2D eigenvalue weighted by Crippen LogP contribution is 2.22. The van der Waals surface area contributed by atoms with Crippen LogP contribution < -0.4 is 5.32 Å². The molecule has 6 N–H and O–H groups in total. The first kappa shape index (κ1) is 28.2. The van der Waals surface area contributed by atoms with Crippen molar-refractivity contribution in [1.29, 1.82) is 0 Å². The van der Waals surface area contributed by atoms with Crippen LogP contribution in [0.3, 0.4) is 0 Å². The Bertz CT molecular complexity index is 478. The lowest BCUT2D eigenvalue weighted by Gasteiger charge is -2.40. The largest absolute Gasteiger partial charge is 0.394 e. The fourth-order valence-corrected chi connectivity index (χ4v) is 3.63. The van der Waals surface area contributed by atoms with E-state index in [1.54, 1.807) is 0 Å². The summed E-state index contributed by atoms with van der Waals surface area (Å²) in [6.07, 6.45) is 1.01. The van der Waals surface area contributed by atoms with Crippen molar-refractivity contribution in [2.75, 3.05) is 13.2 Å². The van der Waals surface area contributed by atoms with Gasteiger partial charge < -0.3 is 40.3 Å². The summed E-state index contributed by atoms with van der Waals surface area (Å²) in [5, 5.41) is 52.6. The third-order valence-corrected chi connectivity index (χ3v) is 5.71. The Morgan fingerprint density at radius 3 is 2.26 bits per heavy atom. The van der Waals surface area contributed by atoms with Gasteiger partial charge in [-0.2, -0.15) is 0 Å². The zero-order chi connectivity index (χ0) is 23.2. The van der Waals surface area contributed by atoms with Crippen LogP contribution in [0.5, 0.6) is 0 Å². The van der Waals surface area contributed by atoms with E-state index in [2.05, 4.69) is 19.2 Å². The topological polar surface area (TPSA) is 149 Å². The summed E-state index contributed by atoms with van der Waals surface area (Å²) in [6.45, 7) is 3.50. The molecule has 1 saturated heterocycles. The van der Waals surface area contributed by atoms with E-state index in [0.717, 1.165) is 51.4 Å². The molecule has 184 valence electrons. The average Bonchev–Trinajstić information content (AvgIpc) is 2.76. The average molecular weight is 450 g/mol. The van der Waals surface area contributed by atoms with Gasteiger partial charge in [-0.05, 0) is 12.8 Å². The van der Waals surface area contributed by atoms with Crippen molar-refractivity contribution in [2.45, 2.75) is 121 Å². The van der Waals surface area contributed by atoms with Crippen LogP contribution in [0.25, 0.3) is 0 Å². The molecule has 7 atom stereocenters. The van der Waals surface area contributed by atoms with E-state index in [9.17, 15) is 30.3 Å². The van der Waals surface area contributed by atoms with Crippen molar-refractivity contribution < 1.29 is 39.8 Å². The number of carbonyl (C=O) groups is 1. The number of aliphatic hydroxyl groups is 5. The second kappa shape index (κ2) is 15.9. The van der Waals surface area contributed by atoms with Crippen molar-refractivity contribution in [3.63, 3.8) is 0 Å². The SMILES string of the molecule is CCCCCCCC(=O)NC(COC1OC(CO)C(O)C(O)C1O)C(O)CCCCC. The first-order valence-corrected chi connectivity index (χ1v) is 11.7. The molecule has 1 heterocycles. The predicted octanol–water partition coefficient (Wildman–Crippen LogP) is 0.589. The van der Waals surface area contributed by atoms with Crippen LogP contribution >= 0.6 is 0 Å². The molecule has 1 fully saturated rings. The number of hydrogen-bond donors (Lipinski definition) is 6. The summed E-state index contributed by atoms with van der Waals surface area (Å²) in [5.41, 5.74) is 0. The number of nitrogens with one attached hydrogen (secondary N) is 1. The molecule has 0 aliphatic carbocycles. The minimum Gasteiger partial charge on any atom is -0.394 e. The summed E-state index contributed by atoms with van der Waals surface area (Å²) in [4.78, 5) is 12.4. The van der Waals surface area contributed by atoms with Crippen LogP contribution in [-0.4, -0.2) is 87.5 Å². The number of rotatable bonds is 16. The molecule has 0 aromatic carbocycles. The molecule has 1 aliphatic heterocycles. The highest BCUT2D eigenvalue weighted by Gasteiger charge is 2.44. The molecule has 1 aliphatic rings. The van der Waals surface area contributed by atoms with Crippen molar-refractivity contribution in [2.24, 2.45) is 0 Å². The van der Waals surface area contributed by atoms with Gasteiger partial charge in [0.15, 0.2) is 6.29 Å². The lowest BCUT2D eigenvalue weighted by atomic mass is 9.99. The summed E-state index contributed by atoms with van der Waals surface area (Å²) in [7, 11) is 0. The molecule has 1 amide bonds. The summed E-state index contributed by atoms with van der Waals surface area (Å²) >= 11 is 0. The monoisotopic (exact) mass is 449 g/mol. The minimum atomic E-state index is -1.54. The molecule has 0 aromatic heterocycles. The molecule has 0 radical (unpaired) electrons. The van der Waals surface area contributed by atoms with E-state index in [4.69, 9.17) is 9.47 Å². The maximum atomic E-state index is 12.4. The van der Waals surface area contributed by atoms with E-state index < -0.39 is 49.5 Å². The smallest absolute Gasteiger partial charge is 0.220 e. The van der Waals surface area contributed by atoms with E-state index in [-0.39, 0.29) is 12.5 Å². The first-order chi connectivity index (χ1) is 14.8. The van der Waals surface area contributed by atoms with Crippen molar-refractivity contribution in [1.82, 2.24) is 5.32 Å². The highest BCUT2D eigenvalue weighted by molar-refractivity contribution is 5.76. The molecule has 7 unspecified atom stereocenters. The molecular weight excluding hydrogens is 406 g/mol. The Hall–Kier alpha value is -0.810. The normalized spacial score (nSPS) is 28.3. The van der Waals surface area contributed by atoms with E-state index >= 15 is 0 Å². The molecule has 0 aromatic rings. The number of hydrogen-bond acceptors (Lipinski definition) is 8. The van der Waals surface area contributed by atoms with Crippen LogP contribution in [0, 0.1) is 0 Å². The summed E-state index contributed by atoms with van der Waals surface area (Å²) in [6, 6.07) is -0.702. The lowest BCUT2D eigenvalue weighted by Crippen LogP contribution is -2.60. The zero-order valence-electron chi connectivity index (χ0n) is 19.0. The van der Waals surface area contributed by atoms with Gasteiger partial charge in [0.1, 0.15) is 24.4 Å². The minimum absolute atomic E-state index is 0.141.